The van der Waals surface area contributed by atoms with Gasteiger partial charge in [-0.3, -0.25) is 9.71 Å². The van der Waals surface area contributed by atoms with Gasteiger partial charge in [0.05, 0.1) is 10.6 Å². The van der Waals surface area contributed by atoms with Crippen LogP contribution >= 0.6 is 0 Å². The number of rotatable bonds is 5. The number of benzene rings is 3. The van der Waals surface area contributed by atoms with Crippen molar-refractivity contribution >= 4 is 27.6 Å². The van der Waals surface area contributed by atoms with Crippen molar-refractivity contribution in [3.63, 3.8) is 0 Å². The van der Waals surface area contributed by atoms with Gasteiger partial charge in [0.25, 0.3) is 10.0 Å². The molecule has 0 saturated carbocycles. The molecule has 5 nitrogen and oxygen atoms in total. The molecular weight excluding hydrogens is 367 g/mol. The average Bonchev–Trinajstić information content (AvgIpc) is 2.64. The normalized spacial score (nSPS) is 11.6. The number of phenolic OH excluding ortho intramolecular Hbond substituents is 1. The van der Waals surface area contributed by atoms with Gasteiger partial charge < -0.3 is 5.11 Å². The van der Waals surface area contributed by atoms with Crippen LogP contribution in [0, 0.1) is 12.7 Å². The Hall–Kier alpha value is -3.19. The summed E-state index contributed by atoms with van der Waals surface area (Å²) in [7, 11) is -3.87. The van der Waals surface area contributed by atoms with Gasteiger partial charge in [0.2, 0.25) is 0 Å². The smallest absolute Gasteiger partial charge is 0.262 e. The van der Waals surface area contributed by atoms with E-state index in [1.54, 1.807) is 43.3 Å². The highest BCUT2D eigenvalue weighted by atomic mass is 32.2. The third kappa shape index (κ3) is 4.51. The maximum atomic E-state index is 13.0. The molecule has 0 heterocycles. The second-order valence-electron chi connectivity index (χ2n) is 5.88. The molecule has 0 aromatic heterocycles. The van der Waals surface area contributed by atoms with Crippen molar-refractivity contribution in [1.82, 2.24) is 0 Å². The van der Waals surface area contributed by atoms with E-state index in [-0.39, 0.29) is 16.3 Å². The van der Waals surface area contributed by atoms with Gasteiger partial charge in [-0.25, -0.2) is 12.8 Å². The quantitative estimate of drug-likeness (QED) is 0.640. The van der Waals surface area contributed by atoms with Crippen LogP contribution in [0.2, 0.25) is 0 Å². The summed E-state index contributed by atoms with van der Waals surface area (Å²) in [6.07, 6.45) is 1.46. The first-order valence-corrected chi connectivity index (χ1v) is 9.54. The summed E-state index contributed by atoms with van der Waals surface area (Å²) < 4.78 is 40.8. The minimum Gasteiger partial charge on any atom is -0.507 e. The number of anilines is 1. The van der Waals surface area contributed by atoms with E-state index in [1.165, 1.54) is 36.5 Å². The van der Waals surface area contributed by atoms with Crippen molar-refractivity contribution in [1.29, 1.82) is 0 Å². The number of para-hydroxylation sites is 1. The number of sulfonamides is 1. The number of halogens is 1. The van der Waals surface area contributed by atoms with Gasteiger partial charge in [0, 0.05) is 17.5 Å². The molecule has 27 heavy (non-hydrogen) atoms. The van der Waals surface area contributed by atoms with Crippen LogP contribution < -0.4 is 4.72 Å². The second-order valence-corrected chi connectivity index (χ2v) is 7.53. The van der Waals surface area contributed by atoms with Crippen LogP contribution in [-0.2, 0) is 10.0 Å². The third-order valence-corrected chi connectivity index (χ3v) is 5.37. The van der Waals surface area contributed by atoms with Gasteiger partial charge >= 0.3 is 0 Å². The van der Waals surface area contributed by atoms with E-state index in [1.807, 2.05) is 0 Å². The van der Waals surface area contributed by atoms with Crippen molar-refractivity contribution in [2.24, 2.45) is 4.99 Å². The monoisotopic (exact) mass is 384 g/mol. The predicted octanol–water partition coefficient (Wildman–Crippen LogP) is 4.39. The molecule has 138 valence electrons. The number of hydrogen-bond donors (Lipinski definition) is 2. The van der Waals surface area contributed by atoms with Crippen LogP contribution in [0.1, 0.15) is 11.1 Å². The molecule has 0 aliphatic rings. The number of aryl methyl sites for hydroxylation is 1. The molecular formula is C20H17FN2O3S. The number of nitrogens with one attached hydrogen (secondary N) is 1. The first-order chi connectivity index (χ1) is 12.8. The van der Waals surface area contributed by atoms with Crippen molar-refractivity contribution in [3.05, 3.63) is 83.7 Å². The van der Waals surface area contributed by atoms with Gasteiger partial charge in [0.1, 0.15) is 11.6 Å². The molecule has 3 aromatic rings. The highest BCUT2D eigenvalue weighted by molar-refractivity contribution is 7.92. The third-order valence-electron chi connectivity index (χ3n) is 3.85. The lowest BCUT2D eigenvalue weighted by Crippen LogP contribution is -2.14. The zero-order valence-electron chi connectivity index (χ0n) is 14.4. The maximum absolute atomic E-state index is 13.0. The van der Waals surface area contributed by atoms with E-state index in [2.05, 4.69) is 9.71 Å². The van der Waals surface area contributed by atoms with E-state index in [0.717, 1.165) is 0 Å². The summed E-state index contributed by atoms with van der Waals surface area (Å²) >= 11 is 0. The standard InChI is InChI=1S/C20H17FN2O3S/c1-14-6-9-18(22-13-15-4-2-3-5-19(15)24)12-20(14)27(25,26)23-17-10-7-16(21)8-11-17/h2-13,23-24H,1H3. The van der Waals surface area contributed by atoms with Crippen LogP contribution in [0.25, 0.3) is 0 Å². The molecule has 7 heteroatoms. The number of nitrogens with zero attached hydrogens (tertiary/aromatic N) is 1. The Kier molecular flexibility index (Phi) is 5.23. The topological polar surface area (TPSA) is 78.8 Å². The molecule has 0 fully saturated rings. The molecule has 0 radical (unpaired) electrons. The molecule has 0 amide bonds. The predicted molar refractivity (Wildman–Crippen MR) is 104 cm³/mol. The lowest BCUT2D eigenvalue weighted by molar-refractivity contribution is 0.474. The lowest BCUT2D eigenvalue weighted by atomic mass is 10.2. The first kappa shape index (κ1) is 18.6. The van der Waals surface area contributed by atoms with Crippen LogP contribution in [0.3, 0.4) is 0 Å². The molecule has 0 atom stereocenters. The zero-order chi connectivity index (χ0) is 19.4. The van der Waals surface area contributed by atoms with Crippen LogP contribution in [-0.4, -0.2) is 19.7 Å². The Morgan fingerprint density at radius 1 is 1.04 bits per heavy atom. The summed E-state index contributed by atoms with van der Waals surface area (Å²) in [6, 6.07) is 16.5. The fourth-order valence-electron chi connectivity index (χ4n) is 2.43. The van der Waals surface area contributed by atoms with Crippen LogP contribution in [0.4, 0.5) is 15.8 Å². The molecule has 0 aliphatic heterocycles. The fourth-order valence-corrected chi connectivity index (χ4v) is 3.75. The number of aromatic hydroxyl groups is 1. The highest BCUT2D eigenvalue weighted by Gasteiger charge is 2.17. The molecule has 0 bridgehead atoms. The van der Waals surface area contributed by atoms with Crippen molar-refractivity contribution < 1.29 is 17.9 Å². The van der Waals surface area contributed by atoms with E-state index < -0.39 is 15.8 Å². The van der Waals surface area contributed by atoms with E-state index in [0.29, 0.717) is 16.8 Å². The van der Waals surface area contributed by atoms with E-state index in [9.17, 15) is 17.9 Å². The van der Waals surface area contributed by atoms with E-state index in [4.69, 9.17) is 0 Å². The Balaban J connectivity index is 1.90. The molecule has 0 aliphatic carbocycles. The van der Waals surface area contributed by atoms with Gasteiger partial charge in [-0.1, -0.05) is 18.2 Å². The SMILES string of the molecule is Cc1ccc(N=Cc2ccccc2O)cc1S(=O)(=O)Nc1ccc(F)cc1. The maximum Gasteiger partial charge on any atom is 0.262 e. The molecule has 3 aromatic carbocycles. The molecule has 0 saturated heterocycles. The highest BCUT2D eigenvalue weighted by Crippen LogP contribution is 2.25. The van der Waals surface area contributed by atoms with Gasteiger partial charge in [-0.2, -0.15) is 0 Å². The fraction of sp³-hybridized carbons (Fsp3) is 0.0500. The second kappa shape index (κ2) is 7.59. The van der Waals surface area contributed by atoms with Gasteiger partial charge in [-0.05, 0) is 61.0 Å². The Morgan fingerprint density at radius 3 is 2.44 bits per heavy atom. The summed E-state index contributed by atoms with van der Waals surface area (Å²) in [6.45, 7) is 1.68. The largest absolute Gasteiger partial charge is 0.507 e. The van der Waals surface area contributed by atoms with Crippen LogP contribution in [0.15, 0.2) is 76.6 Å². The van der Waals surface area contributed by atoms with Crippen LogP contribution in [0.5, 0.6) is 5.75 Å². The minimum atomic E-state index is -3.87. The average molecular weight is 384 g/mol. The van der Waals surface area contributed by atoms with Gasteiger partial charge in [-0.15, -0.1) is 0 Å². The summed E-state index contributed by atoms with van der Waals surface area (Å²) in [4.78, 5) is 4.31. The van der Waals surface area contributed by atoms with Crippen molar-refractivity contribution in [2.75, 3.05) is 4.72 Å². The van der Waals surface area contributed by atoms with Crippen molar-refractivity contribution in [3.8, 4) is 5.75 Å². The molecule has 0 unspecified atom stereocenters. The lowest BCUT2D eigenvalue weighted by Gasteiger charge is -2.11. The molecule has 2 N–H and O–H groups in total. The first-order valence-electron chi connectivity index (χ1n) is 8.06. The molecule has 3 rings (SSSR count). The number of phenols is 1. The zero-order valence-corrected chi connectivity index (χ0v) is 15.2. The van der Waals surface area contributed by atoms with Gasteiger partial charge in [0.15, 0.2) is 0 Å². The van der Waals surface area contributed by atoms with E-state index >= 15 is 0 Å². The Morgan fingerprint density at radius 2 is 1.74 bits per heavy atom. The Bertz CT molecular complexity index is 1090. The number of aliphatic imine (C=N–C) groups is 1. The molecule has 0 spiro atoms. The summed E-state index contributed by atoms with van der Waals surface area (Å²) in [5.41, 5.74) is 1.75. The number of hydrogen-bond acceptors (Lipinski definition) is 4. The summed E-state index contributed by atoms with van der Waals surface area (Å²) in [5, 5.41) is 9.78. The van der Waals surface area contributed by atoms with Crippen molar-refractivity contribution in [2.45, 2.75) is 11.8 Å². The summed E-state index contributed by atoms with van der Waals surface area (Å²) in [5.74, 6) is -0.367. The minimum absolute atomic E-state index is 0.0683. The Labute approximate surface area is 156 Å².